The van der Waals surface area contributed by atoms with Crippen molar-refractivity contribution in [3.05, 3.63) is 10.6 Å². The standard InChI is InChI=1S/C11H18FN3S/c1-7-8(2)16-11(14-7)15-6-9(12)4-10(15)5-13-3/h9-10,13H,4-6H2,1-3H3/t9-,10-/m0/s1. The minimum Gasteiger partial charge on any atom is -0.341 e. The van der Waals surface area contributed by atoms with E-state index in [1.807, 2.05) is 14.0 Å². The number of alkyl halides is 1. The molecule has 90 valence electrons. The fraction of sp³-hybridized carbons (Fsp3) is 0.727. The first-order valence-electron chi connectivity index (χ1n) is 5.61. The topological polar surface area (TPSA) is 28.2 Å². The van der Waals surface area contributed by atoms with Gasteiger partial charge in [0.1, 0.15) is 6.17 Å². The van der Waals surface area contributed by atoms with Gasteiger partial charge in [0.25, 0.3) is 0 Å². The van der Waals surface area contributed by atoms with Gasteiger partial charge in [-0.05, 0) is 20.9 Å². The Kier molecular flexibility index (Phi) is 3.44. The molecule has 1 aliphatic rings. The average Bonchev–Trinajstić information content (AvgIpc) is 2.73. The Morgan fingerprint density at radius 2 is 2.31 bits per heavy atom. The van der Waals surface area contributed by atoms with Crippen molar-refractivity contribution < 1.29 is 4.39 Å². The largest absolute Gasteiger partial charge is 0.341 e. The summed E-state index contributed by atoms with van der Waals surface area (Å²) in [6.07, 6.45) is -0.110. The lowest BCUT2D eigenvalue weighted by atomic mass is 10.2. The smallest absolute Gasteiger partial charge is 0.186 e. The SMILES string of the molecule is CNC[C@@H]1C[C@H](F)CN1c1nc(C)c(C)s1. The predicted molar refractivity (Wildman–Crippen MR) is 66.2 cm³/mol. The Bertz CT molecular complexity index is 347. The Labute approximate surface area is 99.7 Å². The molecule has 2 atom stereocenters. The fourth-order valence-electron chi connectivity index (χ4n) is 2.10. The van der Waals surface area contributed by atoms with Crippen LogP contribution in [0.3, 0.4) is 0 Å². The molecule has 0 spiro atoms. The van der Waals surface area contributed by atoms with E-state index in [0.29, 0.717) is 13.0 Å². The molecular formula is C11H18FN3S. The Morgan fingerprint density at radius 1 is 1.56 bits per heavy atom. The van der Waals surface area contributed by atoms with E-state index in [2.05, 4.69) is 22.1 Å². The number of thiazole rings is 1. The van der Waals surface area contributed by atoms with Gasteiger partial charge in [-0.1, -0.05) is 0 Å². The van der Waals surface area contributed by atoms with E-state index in [1.165, 1.54) is 4.88 Å². The molecule has 0 unspecified atom stereocenters. The third kappa shape index (κ3) is 2.20. The van der Waals surface area contributed by atoms with Crippen molar-refractivity contribution in [1.82, 2.24) is 10.3 Å². The molecule has 0 amide bonds. The highest BCUT2D eigenvalue weighted by molar-refractivity contribution is 7.15. The van der Waals surface area contributed by atoms with Crippen molar-refractivity contribution in [3.8, 4) is 0 Å². The molecule has 2 rings (SSSR count). The van der Waals surface area contributed by atoms with Crippen LogP contribution in [0.15, 0.2) is 0 Å². The molecule has 1 fully saturated rings. The predicted octanol–water partition coefficient (Wildman–Crippen LogP) is 1.90. The van der Waals surface area contributed by atoms with E-state index in [9.17, 15) is 4.39 Å². The van der Waals surface area contributed by atoms with E-state index >= 15 is 0 Å². The van der Waals surface area contributed by atoms with Crippen molar-refractivity contribution in [2.45, 2.75) is 32.5 Å². The van der Waals surface area contributed by atoms with Gasteiger partial charge in [-0.3, -0.25) is 0 Å². The number of likely N-dealkylation sites (N-methyl/N-ethyl adjacent to an activating group) is 1. The molecule has 0 saturated carbocycles. The maximum Gasteiger partial charge on any atom is 0.186 e. The second-order valence-corrected chi connectivity index (χ2v) is 5.52. The van der Waals surface area contributed by atoms with Gasteiger partial charge in [0.05, 0.1) is 12.2 Å². The number of hydrogen-bond donors (Lipinski definition) is 1. The molecule has 0 aromatic carbocycles. The molecule has 1 aromatic heterocycles. The van der Waals surface area contributed by atoms with Gasteiger partial charge in [-0.2, -0.15) is 0 Å². The molecule has 5 heteroatoms. The Morgan fingerprint density at radius 3 is 2.88 bits per heavy atom. The van der Waals surface area contributed by atoms with E-state index < -0.39 is 6.17 Å². The van der Waals surface area contributed by atoms with E-state index in [0.717, 1.165) is 17.4 Å². The van der Waals surface area contributed by atoms with E-state index in [-0.39, 0.29) is 6.04 Å². The summed E-state index contributed by atoms with van der Waals surface area (Å²) in [5.74, 6) is 0. The van der Waals surface area contributed by atoms with Gasteiger partial charge in [0.2, 0.25) is 0 Å². The normalized spacial score (nSPS) is 25.4. The van der Waals surface area contributed by atoms with Crippen LogP contribution >= 0.6 is 11.3 Å². The number of rotatable bonds is 3. The van der Waals surface area contributed by atoms with Crippen molar-refractivity contribution in [2.75, 3.05) is 25.0 Å². The van der Waals surface area contributed by atoms with Crippen LogP contribution in [0.2, 0.25) is 0 Å². The van der Waals surface area contributed by atoms with Crippen molar-refractivity contribution >= 4 is 16.5 Å². The van der Waals surface area contributed by atoms with Crippen molar-refractivity contribution in [1.29, 1.82) is 0 Å². The van der Waals surface area contributed by atoms with Crippen LogP contribution in [-0.2, 0) is 0 Å². The number of anilines is 1. The number of hydrogen-bond acceptors (Lipinski definition) is 4. The van der Waals surface area contributed by atoms with Crippen LogP contribution in [-0.4, -0.2) is 37.3 Å². The lowest BCUT2D eigenvalue weighted by molar-refractivity contribution is 0.355. The molecule has 2 heterocycles. The number of aromatic nitrogens is 1. The average molecular weight is 243 g/mol. The highest BCUT2D eigenvalue weighted by atomic mass is 32.1. The summed E-state index contributed by atoms with van der Waals surface area (Å²) in [5.41, 5.74) is 1.06. The number of nitrogens with one attached hydrogen (secondary N) is 1. The molecule has 1 N–H and O–H groups in total. The minimum atomic E-state index is -0.720. The summed E-state index contributed by atoms with van der Waals surface area (Å²) < 4.78 is 13.4. The van der Waals surface area contributed by atoms with Crippen LogP contribution in [0.4, 0.5) is 9.52 Å². The molecule has 16 heavy (non-hydrogen) atoms. The molecular weight excluding hydrogens is 225 g/mol. The maximum absolute atomic E-state index is 13.4. The molecule has 1 saturated heterocycles. The van der Waals surface area contributed by atoms with Crippen molar-refractivity contribution in [2.24, 2.45) is 0 Å². The molecule has 1 aliphatic heterocycles. The van der Waals surface area contributed by atoms with Gasteiger partial charge >= 0.3 is 0 Å². The zero-order valence-electron chi connectivity index (χ0n) is 9.96. The summed E-state index contributed by atoms with van der Waals surface area (Å²) in [5, 5.41) is 4.09. The monoisotopic (exact) mass is 243 g/mol. The summed E-state index contributed by atoms with van der Waals surface area (Å²) >= 11 is 1.66. The number of halogens is 1. The van der Waals surface area contributed by atoms with Crippen molar-refractivity contribution in [3.63, 3.8) is 0 Å². The molecule has 3 nitrogen and oxygen atoms in total. The summed E-state index contributed by atoms with van der Waals surface area (Å²) in [6, 6.07) is 0.241. The first kappa shape index (κ1) is 11.8. The zero-order chi connectivity index (χ0) is 11.7. The summed E-state index contributed by atoms with van der Waals surface area (Å²) in [4.78, 5) is 7.83. The third-order valence-electron chi connectivity index (χ3n) is 3.07. The highest BCUT2D eigenvalue weighted by Crippen LogP contribution is 2.31. The van der Waals surface area contributed by atoms with Gasteiger partial charge < -0.3 is 10.2 Å². The van der Waals surface area contributed by atoms with Crippen LogP contribution in [0.5, 0.6) is 0 Å². The van der Waals surface area contributed by atoms with Crippen LogP contribution in [0.25, 0.3) is 0 Å². The third-order valence-corrected chi connectivity index (χ3v) is 4.18. The second-order valence-electron chi connectivity index (χ2n) is 4.33. The molecule has 1 aromatic rings. The van der Waals surface area contributed by atoms with E-state index in [4.69, 9.17) is 0 Å². The van der Waals surface area contributed by atoms with Gasteiger partial charge in [-0.25, -0.2) is 9.37 Å². The molecule has 0 aliphatic carbocycles. The molecule has 0 bridgehead atoms. The van der Waals surface area contributed by atoms with Crippen LogP contribution < -0.4 is 10.2 Å². The number of aryl methyl sites for hydroxylation is 2. The van der Waals surface area contributed by atoms with Gasteiger partial charge in [-0.15, -0.1) is 11.3 Å². The van der Waals surface area contributed by atoms with E-state index in [1.54, 1.807) is 11.3 Å². The summed E-state index contributed by atoms with van der Waals surface area (Å²) in [7, 11) is 1.90. The number of nitrogens with zero attached hydrogens (tertiary/aromatic N) is 2. The maximum atomic E-state index is 13.4. The zero-order valence-corrected chi connectivity index (χ0v) is 10.8. The molecule has 0 radical (unpaired) electrons. The fourth-order valence-corrected chi connectivity index (χ4v) is 3.09. The Balaban J connectivity index is 2.18. The first-order chi connectivity index (χ1) is 7.61. The van der Waals surface area contributed by atoms with Crippen LogP contribution in [0.1, 0.15) is 17.0 Å². The minimum absolute atomic E-state index is 0.241. The Hall–Kier alpha value is -0.680. The highest BCUT2D eigenvalue weighted by Gasteiger charge is 2.33. The van der Waals surface area contributed by atoms with Gasteiger partial charge in [0.15, 0.2) is 5.13 Å². The first-order valence-corrected chi connectivity index (χ1v) is 6.42. The van der Waals surface area contributed by atoms with Gasteiger partial charge in [0, 0.05) is 23.9 Å². The quantitative estimate of drug-likeness (QED) is 0.879. The lowest BCUT2D eigenvalue weighted by Gasteiger charge is -2.23. The lowest BCUT2D eigenvalue weighted by Crippen LogP contribution is -2.36. The second kappa shape index (κ2) is 4.67. The summed E-state index contributed by atoms with van der Waals surface area (Å²) in [6.45, 7) is 5.37. The van der Waals surface area contributed by atoms with Crippen LogP contribution in [0, 0.1) is 13.8 Å².